The molecule has 0 spiro atoms. The Morgan fingerprint density at radius 1 is 0.659 bits per heavy atom. The molecule has 4 aliphatic rings. The van der Waals surface area contributed by atoms with Gasteiger partial charge in [0, 0.05) is 0 Å². The van der Waals surface area contributed by atoms with Gasteiger partial charge in [0.15, 0.2) is 19.7 Å². The summed E-state index contributed by atoms with van der Waals surface area (Å²) in [6, 6.07) is 2.01. The monoisotopic (exact) mass is 656 g/mol. The molecule has 0 saturated carbocycles. The molecule has 0 radical (unpaired) electrons. The maximum Gasteiger partial charge on any atom is 0.340 e. The molecular weight excluding hydrogens is 628 g/mol. The van der Waals surface area contributed by atoms with E-state index in [4.69, 9.17) is 18.9 Å². The highest BCUT2D eigenvalue weighted by atomic mass is 32.2. The zero-order chi connectivity index (χ0) is 32.6. The number of carbonyl (C=O) groups is 6. The van der Waals surface area contributed by atoms with E-state index in [0.29, 0.717) is 0 Å². The zero-order valence-electron chi connectivity index (χ0n) is 23.9. The number of fused-ring (bicyclic) bond motifs is 2. The van der Waals surface area contributed by atoms with Crippen molar-refractivity contribution in [2.45, 2.75) is 72.9 Å². The molecule has 0 unspecified atom stereocenters. The van der Waals surface area contributed by atoms with Gasteiger partial charge < -0.3 is 28.7 Å². The Hall–Kier alpha value is -4.06. The summed E-state index contributed by atoms with van der Waals surface area (Å²) in [6.45, 7) is 3.53. The lowest BCUT2D eigenvalue weighted by atomic mass is 9.98. The Morgan fingerprint density at radius 3 is 1.27 bits per heavy atom. The lowest BCUT2D eigenvalue weighted by Crippen LogP contribution is -2.57. The predicted octanol–water partition coefficient (Wildman–Crippen LogP) is -0.730. The van der Waals surface area contributed by atoms with Crippen molar-refractivity contribution in [2.24, 2.45) is 0 Å². The molecule has 4 fully saturated rings. The summed E-state index contributed by atoms with van der Waals surface area (Å²) in [5, 5.41) is -2.20. The fourth-order valence-corrected chi connectivity index (χ4v) is 10.0. The van der Waals surface area contributed by atoms with E-state index >= 15 is 0 Å². The molecule has 238 valence electrons. The summed E-state index contributed by atoms with van der Waals surface area (Å²) in [7, 11) is -7.63. The highest BCUT2D eigenvalue weighted by Gasteiger charge is 2.69. The first-order valence-electron chi connectivity index (χ1n) is 13.2. The Morgan fingerprint density at radius 2 is 0.977 bits per heavy atom. The summed E-state index contributed by atoms with van der Waals surface area (Å²) < 4.78 is 67.0. The molecule has 5 rings (SSSR count). The van der Waals surface area contributed by atoms with E-state index in [0.717, 1.165) is 9.80 Å². The lowest BCUT2D eigenvalue weighted by Gasteiger charge is -2.36. The van der Waals surface area contributed by atoms with Crippen LogP contribution in [-0.4, -0.2) is 108 Å². The largest absolute Gasteiger partial charge is 0.426 e. The number of sulfone groups is 2. The summed E-state index contributed by atoms with van der Waals surface area (Å²) in [6.07, 6.45) is -0.433. The number of hydrogen-bond donors (Lipinski definition) is 0. The second-order valence-corrected chi connectivity index (χ2v) is 17.0. The SMILES string of the molecule is CC1(C)[C@H](C(=O)OCOC(=O)c2ccc(C(=O)OCOC(=O)[C@@H]3N4C(=O)C[C@H]4S(=O)(=O)C3(C)C)cc2)N2C(=O)C[C@H]2S1(=O)=O. The summed E-state index contributed by atoms with van der Waals surface area (Å²) in [5.41, 5.74) is -0.103. The van der Waals surface area contributed by atoms with Crippen LogP contribution < -0.4 is 0 Å². The Labute approximate surface area is 251 Å². The van der Waals surface area contributed by atoms with E-state index in [1.54, 1.807) is 0 Å². The van der Waals surface area contributed by atoms with Crippen molar-refractivity contribution in [1.82, 2.24) is 9.80 Å². The molecule has 0 bridgehead atoms. The number of ether oxygens (including phenoxy) is 4. The van der Waals surface area contributed by atoms with Gasteiger partial charge in [0.1, 0.15) is 22.8 Å². The minimum absolute atomic E-state index is 0.0516. The van der Waals surface area contributed by atoms with Crippen LogP contribution in [0.25, 0.3) is 0 Å². The summed E-state index contributed by atoms with van der Waals surface area (Å²) in [5.74, 6) is -5.00. The second-order valence-electron chi connectivity index (χ2n) is 11.6. The first-order valence-corrected chi connectivity index (χ1v) is 16.3. The van der Waals surface area contributed by atoms with Gasteiger partial charge in [-0.2, -0.15) is 0 Å². The van der Waals surface area contributed by atoms with Crippen molar-refractivity contribution in [1.29, 1.82) is 0 Å². The van der Waals surface area contributed by atoms with Crippen molar-refractivity contribution in [2.75, 3.05) is 13.6 Å². The predicted molar refractivity (Wildman–Crippen MR) is 143 cm³/mol. The molecular formula is C26H28N2O14S2. The first kappa shape index (κ1) is 31.4. The van der Waals surface area contributed by atoms with Crippen LogP contribution in [0.2, 0.25) is 0 Å². The Kier molecular flexibility index (Phi) is 7.31. The third-order valence-corrected chi connectivity index (χ3v) is 14.1. The molecule has 4 saturated heterocycles. The molecule has 0 N–H and O–H groups in total. The minimum atomic E-state index is -3.82. The van der Waals surface area contributed by atoms with E-state index in [1.165, 1.54) is 52.0 Å². The number of hydrogen-bond acceptors (Lipinski definition) is 14. The van der Waals surface area contributed by atoms with Gasteiger partial charge in [-0.1, -0.05) is 0 Å². The number of esters is 4. The van der Waals surface area contributed by atoms with Crippen LogP contribution in [0.5, 0.6) is 0 Å². The lowest BCUT2D eigenvalue weighted by molar-refractivity contribution is -0.167. The molecule has 18 heteroatoms. The van der Waals surface area contributed by atoms with Gasteiger partial charge in [-0.15, -0.1) is 0 Å². The Balaban J connectivity index is 1.10. The van der Waals surface area contributed by atoms with Crippen molar-refractivity contribution in [3.63, 3.8) is 0 Å². The molecule has 1 aromatic carbocycles. The highest BCUT2D eigenvalue weighted by Crippen LogP contribution is 2.47. The first-order chi connectivity index (χ1) is 20.4. The minimum Gasteiger partial charge on any atom is -0.426 e. The maximum atomic E-state index is 12.6. The zero-order valence-corrected chi connectivity index (χ0v) is 25.5. The third kappa shape index (κ3) is 4.44. The van der Waals surface area contributed by atoms with Gasteiger partial charge in [0.05, 0.1) is 33.5 Å². The van der Waals surface area contributed by atoms with Gasteiger partial charge in [0.25, 0.3) is 0 Å². The van der Waals surface area contributed by atoms with Crippen LogP contribution in [0.1, 0.15) is 61.3 Å². The molecule has 44 heavy (non-hydrogen) atoms. The van der Waals surface area contributed by atoms with Gasteiger partial charge >= 0.3 is 23.9 Å². The second kappa shape index (κ2) is 10.3. The molecule has 16 nitrogen and oxygen atoms in total. The summed E-state index contributed by atoms with van der Waals surface area (Å²) in [4.78, 5) is 75.8. The van der Waals surface area contributed by atoms with Gasteiger partial charge in [-0.05, 0) is 52.0 Å². The van der Waals surface area contributed by atoms with Crippen LogP contribution in [0, 0.1) is 0 Å². The van der Waals surface area contributed by atoms with Crippen LogP contribution in [-0.2, 0) is 57.8 Å². The topological polar surface area (TPSA) is 214 Å². The van der Waals surface area contributed by atoms with Crippen LogP contribution in [0.3, 0.4) is 0 Å². The number of rotatable bonds is 8. The van der Waals surface area contributed by atoms with Crippen molar-refractivity contribution < 1.29 is 64.6 Å². The Bertz CT molecular complexity index is 1570. The van der Waals surface area contributed by atoms with Gasteiger partial charge in [0.2, 0.25) is 25.4 Å². The normalized spacial score (nSPS) is 28.1. The standard InChI is InChI=1S/C26H28N2O14S2/c1-25(2)19(27-15(29)9-17(27)43(25,35)36)23(33)41-11-39-21(31)13-5-7-14(8-6-13)22(32)40-12-42-24(34)20-26(3,4)44(37,38)18-10-16(30)28(18)20/h5-8,17-20H,9-12H2,1-4H3/t17-,18-,19+,20+/m1/s1. The number of benzene rings is 1. The van der Waals surface area contributed by atoms with Gasteiger partial charge in [-0.3, -0.25) is 9.59 Å². The molecule has 4 heterocycles. The van der Waals surface area contributed by atoms with E-state index in [-0.39, 0.29) is 24.0 Å². The van der Waals surface area contributed by atoms with E-state index < -0.39 is 101 Å². The van der Waals surface area contributed by atoms with Crippen molar-refractivity contribution in [3.8, 4) is 0 Å². The average Bonchev–Trinajstić information content (AvgIpc) is 3.15. The summed E-state index contributed by atoms with van der Waals surface area (Å²) >= 11 is 0. The van der Waals surface area contributed by atoms with E-state index in [1.807, 2.05) is 0 Å². The van der Waals surface area contributed by atoms with Crippen molar-refractivity contribution in [3.05, 3.63) is 35.4 Å². The fourth-order valence-electron chi connectivity index (χ4n) is 5.77. The fraction of sp³-hybridized carbons (Fsp3) is 0.538. The van der Waals surface area contributed by atoms with Gasteiger partial charge in [-0.25, -0.2) is 36.0 Å². The number of β-lactam (4-membered cyclic amide) rings is 2. The highest BCUT2D eigenvalue weighted by molar-refractivity contribution is 7.94. The van der Waals surface area contributed by atoms with E-state index in [2.05, 4.69) is 0 Å². The molecule has 4 aliphatic heterocycles. The quantitative estimate of drug-likeness (QED) is 0.192. The van der Waals surface area contributed by atoms with E-state index in [9.17, 15) is 45.6 Å². The third-order valence-electron chi connectivity index (χ3n) is 8.54. The number of amides is 2. The van der Waals surface area contributed by atoms with Crippen LogP contribution in [0.15, 0.2) is 24.3 Å². The maximum absolute atomic E-state index is 12.6. The van der Waals surface area contributed by atoms with Crippen LogP contribution >= 0.6 is 0 Å². The molecule has 2 amide bonds. The number of carbonyl (C=O) groups excluding carboxylic acids is 6. The average molecular weight is 657 g/mol. The molecule has 0 aromatic heterocycles. The van der Waals surface area contributed by atoms with Crippen molar-refractivity contribution >= 4 is 55.4 Å². The smallest absolute Gasteiger partial charge is 0.340 e. The molecule has 0 aliphatic carbocycles. The molecule has 1 aromatic rings. The number of nitrogens with zero attached hydrogens (tertiary/aromatic N) is 2. The molecule has 4 atom stereocenters. The van der Waals surface area contributed by atoms with Crippen LogP contribution in [0.4, 0.5) is 0 Å².